The number of fused-ring (bicyclic) bond motifs is 1. The summed E-state index contributed by atoms with van der Waals surface area (Å²) in [7, 11) is 0. The molecule has 1 aromatic heterocycles. The molecule has 0 spiro atoms. The Morgan fingerprint density at radius 2 is 1.75 bits per heavy atom. The highest BCUT2D eigenvalue weighted by Crippen LogP contribution is 2.22. The maximum Gasteiger partial charge on any atom is 0.114 e. The summed E-state index contributed by atoms with van der Waals surface area (Å²) in [6.07, 6.45) is 3.22. The Hall–Kier alpha value is -1.84. The monoisotopic (exact) mass is 160 g/mol. The van der Waals surface area contributed by atoms with E-state index in [9.17, 15) is 0 Å². The number of aromatic nitrogens is 2. The van der Waals surface area contributed by atoms with Crippen LogP contribution in [-0.4, -0.2) is 9.97 Å². The SMILES string of the molecule is Nc1ccc2nccnc2c1N. The van der Waals surface area contributed by atoms with Gasteiger partial charge in [0.05, 0.1) is 16.9 Å². The molecule has 4 heteroatoms. The van der Waals surface area contributed by atoms with Crippen LogP contribution in [0.1, 0.15) is 0 Å². The van der Waals surface area contributed by atoms with E-state index in [2.05, 4.69) is 9.97 Å². The number of hydrogen-bond donors (Lipinski definition) is 2. The van der Waals surface area contributed by atoms with Gasteiger partial charge in [-0.15, -0.1) is 0 Å². The lowest BCUT2D eigenvalue weighted by molar-refractivity contribution is 1.30. The smallest absolute Gasteiger partial charge is 0.114 e. The van der Waals surface area contributed by atoms with E-state index in [1.54, 1.807) is 24.5 Å². The highest BCUT2D eigenvalue weighted by molar-refractivity contribution is 5.92. The highest BCUT2D eigenvalue weighted by atomic mass is 14.8. The zero-order valence-electron chi connectivity index (χ0n) is 6.36. The average molecular weight is 160 g/mol. The number of nitrogens with zero attached hydrogens (tertiary/aromatic N) is 2. The van der Waals surface area contributed by atoms with E-state index >= 15 is 0 Å². The van der Waals surface area contributed by atoms with Gasteiger partial charge in [-0.3, -0.25) is 9.97 Å². The minimum Gasteiger partial charge on any atom is -0.397 e. The second-order valence-corrected chi connectivity index (χ2v) is 2.49. The van der Waals surface area contributed by atoms with E-state index in [4.69, 9.17) is 11.5 Å². The maximum atomic E-state index is 5.69. The van der Waals surface area contributed by atoms with Crippen molar-refractivity contribution in [1.29, 1.82) is 0 Å². The van der Waals surface area contributed by atoms with Gasteiger partial charge in [-0.05, 0) is 12.1 Å². The third-order valence-electron chi connectivity index (χ3n) is 1.71. The molecular formula is C8H8N4. The summed E-state index contributed by atoms with van der Waals surface area (Å²) in [5.41, 5.74) is 13.8. The fraction of sp³-hybridized carbons (Fsp3) is 0. The molecule has 0 aliphatic rings. The van der Waals surface area contributed by atoms with Gasteiger partial charge in [-0.2, -0.15) is 0 Å². The average Bonchev–Trinajstić information content (AvgIpc) is 2.12. The molecule has 2 aromatic rings. The summed E-state index contributed by atoms with van der Waals surface area (Å²) in [6, 6.07) is 3.53. The van der Waals surface area contributed by atoms with E-state index in [1.807, 2.05) is 0 Å². The van der Waals surface area contributed by atoms with E-state index in [1.165, 1.54) is 0 Å². The van der Waals surface area contributed by atoms with Crippen molar-refractivity contribution in [3.05, 3.63) is 24.5 Å². The molecule has 1 heterocycles. The second kappa shape index (κ2) is 2.34. The van der Waals surface area contributed by atoms with Crippen LogP contribution in [0.2, 0.25) is 0 Å². The van der Waals surface area contributed by atoms with Crippen LogP contribution in [0.25, 0.3) is 11.0 Å². The third-order valence-corrected chi connectivity index (χ3v) is 1.71. The van der Waals surface area contributed by atoms with Gasteiger partial charge < -0.3 is 11.5 Å². The van der Waals surface area contributed by atoms with Gasteiger partial charge in [0.25, 0.3) is 0 Å². The first kappa shape index (κ1) is 6.84. The highest BCUT2D eigenvalue weighted by Gasteiger charge is 2.01. The van der Waals surface area contributed by atoms with Crippen molar-refractivity contribution in [3.8, 4) is 0 Å². The normalized spacial score (nSPS) is 10.3. The fourth-order valence-corrected chi connectivity index (χ4v) is 1.07. The molecule has 0 saturated carbocycles. The molecule has 0 saturated heterocycles. The number of nitrogens with two attached hydrogens (primary N) is 2. The fourth-order valence-electron chi connectivity index (χ4n) is 1.07. The topological polar surface area (TPSA) is 77.8 Å². The Kier molecular flexibility index (Phi) is 1.33. The zero-order chi connectivity index (χ0) is 8.55. The van der Waals surface area contributed by atoms with Gasteiger partial charge in [0.1, 0.15) is 5.52 Å². The summed E-state index contributed by atoms with van der Waals surface area (Å²) >= 11 is 0. The van der Waals surface area contributed by atoms with Crippen molar-refractivity contribution in [2.24, 2.45) is 0 Å². The van der Waals surface area contributed by atoms with E-state index in [0.717, 1.165) is 5.52 Å². The Labute approximate surface area is 69.2 Å². The van der Waals surface area contributed by atoms with Crippen molar-refractivity contribution < 1.29 is 0 Å². The first-order valence-corrected chi connectivity index (χ1v) is 3.53. The molecule has 0 radical (unpaired) electrons. The molecule has 0 aliphatic heterocycles. The minimum absolute atomic E-state index is 0.501. The van der Waals surface area contributed by atoms with Gasteiger partial charge in [0, 0.05) is 12.4 Å². The molecule has 4 nitrogen and oxygen atoms in total. The number of nitrogen functional groups attached to an aromatic ring is 2. The van der Waals surface area contributed by atoms with Crippen molar-refractivity contribution in [2.75, 3.05) is 11.5 Å². The largest absolute Gasteiger partial charge is 0.397 e. The van der Waals surface area contributed by atoms with Gasteiger partial charge in [0.15, 0.2) is 0 Å². The first-order valence-electron chi connectivity index (χ1n) is 3.53. The lowest BCUT2D eigenvalue weighted by atomic mass is 10.2. The summed E-state index contributed by atoms with van der Waals surface area (Å²) in [5.74, 6) is 0. The summed E-state index contributed by atoms with van der Waals surface area (Å²) in [5, 5.41) is 0. The number of benzene rings is 1. The number of rotatable bonds is 0. The molecule has 1 aromatic carbocycles. The zero-order valence-corrected chi connectivity index (χ0v) is 6.36. The molecule has 0 bridgehead atoms. The van der Waals surface area contributed by atoms with Crippen LogP contribution >= 0.6 is 0 Å². The standard InChI is InChI=1S/C8H8N4/c9-5-1-2-6-8(7(5)10)12-4-3-11-6/h1-4H,9-10H2. The molecule has 0 fully saturated rings. The lowest BCUT2D eigenvalue weighted by Gasteiger charge is -2.01. The van der Waals surface area contributed by atoms with Crippen LogP contribution in [0.3, 0.4) is 0 Å². The van der Waals surface area contributed by atoms with Crippen LogP contribution in [0, 0.1) is 0 Å². The van der Waals surface area contributed by atoms with Gasteiger partial charge in [-0.25, -0.2) is 0 Å². The molecule has 12 heavy (non-hydrogen) atoms. The van der Waals surface area contributed by atoms with Crippen LogP contribution in [0.15, 0.2) is 24.5 Å². The quantitative estimate of drug-likeness (QED) is 0.558. The van der Waals surface area contributed by atoms with Crippen LogP contribution < -0.4 is 11.5 Å². The third kappa shape index (κ3) is 0.852. The molecule has 4 N–H and O–H groups in total. The summed E-state index contributed by atoms with van der Waals surface area (Å²) in [4.78, 5) is 8.16. The number of anilines is 2. The Bertz CT molecular complexity index is 424. The predicted molar refractivity (Wildman–Crippen MR) is 48.4 cm³/mol. The molecule has 0 unspecified atom stereocenters. The van der Waals surface area contributed by atoms with Crippen molar-refractivity contribution >= 4 is 22.4 Å². The molecule has 0 atom stereocenters. The summed E-state index contributed by atoms with van der Waals surface area (Å²) < 4.78 is 0. The van der Waals surface area contributed by atoms with E-state index < -0.39 is 0 Å². The van der Waals surface area contributed by atoms with E-state index in [-0.39, 0.29) is 0 Å². The summed E-state index contributed by atoms with van der Waals surface area (Å²) in [6.45, 7) is 0. The molecule has 0 amide bonds. The lowest BCUT2D eigenvalue weighted by Crippen LogP contribution is -1.97. The predicted octanol–water partition coefficient (Wildman–Crippen LogP) is 0.794. The second-order valence-electron chi connectivity index (χ2n) is 2.49. The Balaban J connectivity index is 2.91. The Morgan fingerprint density at radius 3 is 2.58 bits per heavy atom. The first-order chi connectivity index (χ1) is 5.79. The maximum absolute atomic E-state index is 5.69. The van der Waals surface area contributed by atoms with Crippen molar-refractivity contribution in [1.82, 2.24) is 9.97 Å². The van der Waals surface area contributed by atoms with Crippen LogP contribution in [0.5, 0.6) is 0 Å². The van der Waals surface area contributed by atoms with Crippen LogP contribution in [0.4, 0.5) is 11.4 Å². The van der Waals surface area contributed by atoms with Gasteiger partial charge in [-0.1, -0.05) is 0 Å². The van der Waals surface area contributed by atoms with E-state index in [0.29, 0.717) is 16.9 Å². The van der Waals surface area contributed by atoms with Crippen molar-refractivity contribution in [3.63, 3.8) is 0 Å². The molecular weight excluding hydrogens is 152 g/mol. The van der Waals surface area contributed by atoms with Gasteiger partial charge in [0.2, 0.25) is 0 Å². The molecule has 2 rings (SSSR count). The van der Waals surface area contributed by atoms with Crippen LogP contribution in [-0.2, 0) is 0 Å². The molecule has 0 aliphatic carbocycles. The van der Waals surface area contributed by atoms with Crippen molar-refractivity contribution in [2.45, 2.75) is 0 Å². The van der Waals surface area contributed by atoms with Gasteiger partial charge >= 0.3 is 0 Å². The number of hydrogen-bond acceptors (Lipinski definition) is 4. The molecule has 60 valence electrons. The Morgan fingerprint density at radius 1 is 1.00 bits per heavy atom. The minimum atomic E-state index is 0.501.